The van der Waals surface area contributed by atoms with Gasteiger partial charge in [-0.3, -0.25) is 0 Å². The van der Waals surface area contributed by atoms with Crippen LogP contribution in [0.25, 0.3) is 55.5 Å². The van der Waals surface area contributed by atoms with Gasteiger partial charge in [-0.25, -0.2) is 19.9 Å². The average molecular weight is 861 g/mol. The minimum atomic E-state index is -4.10. The molecule has 2 unspecified atom stereocenters. The molecule has 4 aromatic heterocycles. The normalized spacial score (nSPS) is 13.9. The molecule has 0 amide bonds. The van der Waals surface area contributed by atoms with E-state index < -0.39 is 8.07 Å². The molecule has 0 fully saturated rings. The zero-order valence-electron chi connectivity index (χ0n) is 37.2. The number of hydrogen-bond donors (Lipinski definition) is 0. The molecular weight excluding hydrogens is 805 g/mol. The Kier molecular flexibility index (Phi) is 12.2. The second-order valence-corrected chi connectivity index (χ2v) is 20.3. The summed E-state index contributed by atoms with van der Waals surface area (Å²) in [5.74, 6) is 2.39. The molecule has 4 heterocycles. The maximum atomic E-state index is 6.89. The van der Waals surface area contributed by atoms with Gasteiger partial charge in [-0.15, -0.1) is 0 Å². The predicted molar refractivity (Wildman–Crippen MR) is 253 cm³/mol. The maximum Gasteiger partial charge on any atom is 0.437 e. The second kappa shape index (κ2) is 18.3. The number of rotatable bonds is 19. The van der Waals surface area contributed by atoms with Crippen LogP contribution in [0.15, 0.2) is 115 Å². The molecule has 2 atom stereocenters. The van der Waals surface area contributed by atoms with Gasteiger partial charge in [0.2, 0.25) is 22.1 Å². The summed E-state index contributed by atoms with van der Waals surface area (Å²) in [4.78, 5) is 21.0. The number of aryl methyl sites for hydroxylation is 2. The first kappa shape index (κ1) is 42.1. The van der Waals surface area contributed by atoms with Crippen LogP contribution in [0.1, 0.15) is 90.2 Å². The van der Waals surface area contributed by atoms with E-state index in [1.165, 1.54) is 18.4 Å². The lowest BCUT2D eigenvalue weighted by molar-refractivity contribution is 0.233. The van der Waals surface area contributed by atoms with Crippen LogP contribution < -0.4 is 31.5 Å². The average Bonchev–Trinajstić information content (AvgIpc) is 4.11. The van der Waals surface area contributed by atoms with Gasteiger partial charge in [0, 0.05) is 12.1 Å². The standard InChI is InChI=1S/C52H56N4O6Si/c1-7-11-15-35(9-3)31-57-39-20-24-47-43(29-39)55-51(61-47)63(49-53-41-27-34(6)18-22-45(41)59-49,50-54-42-28-38(19-23-46(42)60-50)37-17-13-14-33(5)26-37)52-56-44-30-40(21-25-48(44)62-52)58-32-36(10-4)16-12-8-2/h13-14,17-30,35-36H,7-12,15-16,31-32H2,1-6H3. The van der Waals surface area contributed by atoms with Crippen molar-refractivity contribution in [2.75, 3.05) is 13.2 Å². The number of hydrogen-bond acceptors (Lipinski definition) is 10. The van der Waals surface area contributed by atoms with Crippen LogP contribution >= 0.6 is 0 Å². The number of unbranched alkanes of at least 4 members (excludes halogenated alkanes) is 2. The SMILES string of the molecule is CCCCC(CC)COc1ccc2oc([Si](c3nc4cc(C)ccc4o3)(c3nc4cc(OCC(CC)CCCC)ccc4o3)c3nc4cc(-c5cccc(C)c5)ccc4o3)nc2c1. The minimum absolute atomic E-state index is 0.308. The van der Waals surface area contributed by atoms with E-state index in [-0.39, 0.29) is 0 Å². The summed E-state index contributed by atoms with van der Waals surface area (Å²) < 4.78 is 40.2. The van der Waals surface area contributed by atoms with Crippen LogP contribution in [0.5, 0.6) is 11.5 Å². The van der Waals surface area contributed by atoms with Gasteiger partial charge in [-0.1, -0.05) is 108 Å². The van der Waals surface area contributed by atoms with E-state index in [0.29, 0.717) is 91.5 Å². The second-order valence-electron chi connectivity index (χ2n) is 17.1. The Morgan fingerprint density at radius 2 is 0.905 bits per heavy atom. The van der Waals surface area contributed by atoms with E-state index >= 15 is 0 Å². The number of benzene rings is 5. The zero-order chi connectivity index (χ0) is 43.5. The third-order valence-corrected chi connectivity index (χ3v) is 15.8. The molecule has 0 aliphatic heterocycles. The minimum Gasteiger partial charge on any atom is -0.493 e. The number of aromatic nitrogens is 4. The first-order valence-corrected chi connectivity index (χ1v) is 24.7. The fourth-order valence-corrected chi connectivity index (χ4v) is 11.7. The number of nitrogens with zero attached hydrogens (tertiary/aromatic N) is 4. The number of oxazole rings is 4. The van der Waals surface area contributed by atoms with Crippen molar-refractivity contribution in [3.63, 3.8) is 0 Å². The molecule has 9 aromatic rings. The largest absolute Gasteiger partial charge is 0.493 e. The molecule has 5 aromatic carbocycles. The van der Waals surface area contributed by atoms with E-state index in [2.05, 4.69) is 65.0 Å². The topological polar surface area (TPSA) is 123 Å². The summed E-state index contributed by atoms with van der Waals surface area (Å²) in [6, 6.07) is 32.0. The Morgan fingerprint density at radius 1 is 0.476 bits per heavy atom. The third kappa shape index (κ3) is 8.50. The zero-order valence-corrected chi connectivity index (χ0v) is 38.2. The number of fused-ring (bicyclic) bond motifs is 4. The molecule has 63 heavy (non-hydrogen) atoms. The third-order valence-electron chi connectivity index (χ3n) is 12.3. The van der Waals surface area contributed by atoms with Gasteiger partial charge in [-0.05, 0) is 104 Å². The molecule has 0 saturated carbocycles. The molecule has 0 N–H and O–H groups in total. The Hall–Kier alpha value is -6.20. The Balaban J connectivity index is 1.23. The Morgan fingerprint density at radius 3 is 1.38 bits per heavy atom. The molecule has 9 rings (SSSR count). The predicted octanol–water partition coefficient (Wildman–Crippen LogP) is 11.1. The van der Waals surface area contributed by atoms with Crippen molar-refractivity contribution in [3.8, 4) is 22.6 Å². The van der Waals surface area contributed by atoms with Gasteiger partial charge in [0.05, 0.1) is 13.2 Å². The summed E-state index contributed by atoms with van der Waals surface area (Å²) in [5.41, 5.74) is 10.5. The van der Waals surface area contributed by atoms with Crippen molar-refractivity contribution >= 4 is 74.5 Å². The molecule has 0 bridgehead atoms. The summed E-state index contributed by atoms with van der Waals surface area (Å²) in [6.45, 7) is 14.3. The highest BCUT2D eigenvalue weighted by atomic mass is 28.3. The van der Waals surface area contributed by atoms with Crippen LogP contribution in [0, 0.1) is 25.7 Å². The highest BCUT2D eigenvalue weighted by Gasteiger charge is 2.61. The lowest BCUT2D eigenvalue weighted by Gasteiger charge is -2.17. The van der Waals surface area contributed by atoms with Crippen molar-refractivity contribution < 1.29 is 27.1 Å². The maximum absolute atomic E-state index is 6.89. The highest BCUT2D eigenvalue weighted by Crippen LogP contribution is 2.29. The van der Waals surface area contributed by atoms with Gasteiger partial charge < -0.3 is 27.1 Å². The molecule has 0 aliphatic rings. The fraction of sp³-hybridized carbons (Fsp3) is 0.346. The van der Waals surface area contributed by atoms with Crippen LogP contribution in [-0.2, 0) is 0 Å². The molecular formula is C52H56N4O6Si. The summed E-state index contributed by atoms with van der Waals surface area (Å²) in [6.07, 6.45) is 9.07. The first-order valence-electron chi connectivity index (χ1n) is 22.7. The van der Waals surface area contributed by atoms with E-state index in [4.69, 9.17) is 47.1 Å². The van der Waals surface area contributed by atoms with Crippen LogP contribution in [0.2, 0.25) is 0 Å². The van der Waals surface area contributed by atoms with Gasteiger partial charge in [0.15, 0.2) is 22.3 Å². The smallest absolute Gasteiger partial charge is 0.437 e. The molecule has 0 aliphatic carbocycles. The fourth-order valence-electron chi connectivity index (χ4n) is 8.38. The van der Waals surface area contributed by atoms with Crippen LogP contribution in [0.3, 0.4) is 0 Å². The summed E-state index contributed by atoms with van der Waals surface area (Å²) in [7, 11) is -4.10. The summed E-state index contributed by atoms with van der Waals surface area (Å²) in [5, 5.41) is 0. The molecule has 11 heteroatoms. The Labute approximate surface area is 369 Å². The molecule has 0 saturated heterocycles. The van der Waals surface area contributed by atoms with Crippen molar-refractivity contribution in [2.24, 2.45) is 11.8 Å². The van der Waals surface area contributed by atoms with E-state index in [9.17, 15) is 0 Å². The lowest BCUT2D eigenvalue weighted by Crippen LogP contribution is -2.76. The van der Waals surface area contributed by atoms with Gasteiger partial charge in [0.25, 0.3) is 0 Å². The van der Waals surface area contributed by atoms with Gasteiger partial charge in [0.1, 0.15) is 33.6 Å². The highest BCUT2D eigenvalue weighted by molar-refractivity contribution is 7.16. The first-order chi connectivity index (χ1) is 30.8. The molecule has 324 valence electrons. The number of ether oxygens (including phenoxy) is 2. The van der Waals surface area contributed by atoms with Crippen molar-refractivity contribution in [1.29, 1.82) is 0 Å². The molecule has 10 nitrogen and oxygen atoms in total. The van der Waals surface area contributed by atoms with Gasteiger partial charge >= 0.3 is 8.07 Å². The Bertz CT molecular complexity index is 2900. The van der Waals surface area contributed by atoms with E-state index in [1.54, 1.807) is 0 Å². The quantitative estimate of drug-likeness (QED) is 0.0726. The van der Waals surface area contributed by atoms with Crippen LogP contribution in [-0.4, -0.2) is 41.2 Å². The summed E-state index contributed by atoms with van der Waals surface area (Å²) >= 11 is 0. The van der Waals surface area contributed by atoms with Crippen molar-refractivity contribution in [2.45, 2.75) is 92.9 Å². The van der Waals surface area contributed by atoms with Crippen molar-refractivity contribution in [3.05, 3.63) is 108 Å². The molecule has 0 radical (unpaired) electrons. The van der Waals surface area contributed by atoms with Gasteiger partial charge in [-0.2, -0.15) is 0 Å². The van der Waals surface area contributed by atoms with Crippen LogP contribution in [0.4, 0.5) is 0 Å². The van der Waals surface area contributed by atoms with E-state index in [1.807, 2.05) is 73.7 Å². The monoisotopic (exact) mass is 860 g/mol. The molecule has 0 spiro atoms. The van der Waals surface area contributed by atoms with E-state index in [0.717, 1.165) is 66.7 Å². The van der Waals surface area contributed by atoms with Crippen molar-refractivity contribution in [1.82, 2.24) is 19.9 Å². The lowest BCUT2D eigenvalue weighted by atomic mass is 10.0.